The molecule has 1 saturated carbocycles. The molecule has 0 radical (unpaired) electrons. The summed E-state index contributed by atoms with van der Waals surface area (Å²) in [6.07, 6.45) is 8.66. The third-order valence-electron chi connectivity index (χ3n) is 6.53. The molecule has 1 aromatic carbocycles. The third-order valence-corrected chi connectivity index (χ3v) is 6.53. The predicted octanol–water partition coefficient (Wildman–Crippen LogP) is 4.23. The van der Waals surface area contributed by atoms with E-state index in [-0.39, 0.29) is 36.1 Å². The zero-order valence-corrected chi connectivity index (χ0v) is 17.7. The van der Waals surface area contributed by atoms with E-state index in [1.807, 2.05) is 6.07 Å². The van der Waals surface area contributed by atoms with Gasteiger partial charge in [0.2, 0.25) is 5.91 Å². The number of benzene rings is 1. The third kappa shape index (κ3) is 4.97. The molecule has 3 fully saturated rings. The Labute approximate surface area is 175 Å². The van der Waals surface area contributed by atoms with Crippen molar-refractivity contribution in [3.8, 4) is 0 Å². The summed E-state index contributed by atoms with van der Waals surface area (Å²) in [7, 11) is 0. The normalized spacial score (nSPS) is 27.8. The fourth-order valence-electron chi connectivity index (χ4n) is 5.07. The maximum Gasteiger partial charge on any atom is 0.232 e. The van der Waals surface area contributed by atoms with Crippen molar-refractivity contribution in [3.05, 3.63) is 29.8 Å². The summed E-state index contributed by atoms with van der Waals surface area (Å²) in [6, 6.07) is 8.47. The van der Waals surface area contributed by atoms with E-state index in [0.29, 0.717) is 5.92 Å². The van der Waals surface area contributed by atoms with Crippen LogP contribution in [0.5, 0.6) is 0 Å². The lowest BCUT2D eigenvalue weighted by Gasteiger charge is -2.37. The van der Waals surface area contributed by atoms with Crippen LogP contribution < -0.4 is 10.6 Å². The Hall–Kier alpha value is -0.810. The largest absolute Gasteiger partial charge is 0.326 e. The summed E-state index contributed by atoms with van der Waals surface area (Å²) in [4.78, 5) is 15.6. The summed E-state index contributed by atoms with van der Waals surface area (Å²) in [5.41, 5.74) is 2.09. The molecule has 3 aliphatic rings. The highest BCUT2D eigenvalue weighted by atomic mass is 35.5. The average molecular weight is 414 g/mol. The highest BCUT2D eigenvalue weighted by Crippen LogP contribution is 2.44. The fraction of sp³-hybridized carbons (Fsp3) is 0.667. The number of hydrogen-bond acceptors (Lipinski definition) is 3. The van der Waals surface area contributed by atoms with E-state index in [0.717, 1.165) is 31.7 Å². The second kappa shape index (κ2) is 10.1. The van der Waals surface area contributed by atoms with E-state index in [1.54, 1.807) is 0 Å². The van der Waals surface area contributed by atoms with Gasteiger partial charge in [-0.05, 0) is 68.9 Å². The molecule has 4 rings (SSSR count). The van der Waals surface area contributed by atoms with Gasteiger partial charge in [0, 0.05) is 18.8 Å². The van der Waals surface area contributed by atoms with Gasteiger partial charge >= 0.3 is 0 Å². The molecule has 2 saturated heterocycles. The Morgan fingerprint density at radius 1 is 1.15 bits per heavy atom. The maximum absolute atomic E-state index is 13.1. The summed E-state index contributed by atoms with van der Waals surface area (Å²) >= 11 is 0. The summed E-state index contributed by atoms with van der Waals surface area (Å²) in [5, 5.41) is 6.72. The van der Waals surface area contributed by atoms with Crippen molar-refractivity contribution in [1.82, 2.24) is 10.2 Å². The predicted molar refractivity (Wildman–Crippen MR) is 116 cm³/mol. The molecule has 1 amide bonds. The molecule has 0 unspecified atom stereocenters. The standard InChI is InChI=1S/C21H31N3O.2ClH/c25-20(21-10-3-2-8-18(21)14-22-16-21)23-19-9-6-7-17(13-19)15-24-11-4-1-5-12-24;;/h6-7,9,13,18,22H,1-5,8,10-12,14-16H2,(H,23,25);2*1H/t18-,21+;;/m0../s1. The van der Waals surface area contributed by atoms with Crippen LogP contribution in [0, 0.1) is 11.3 Å². The molecule has 6 heteroatoms. The number of nitrogens with zero attached hydrogens (tertiary/aromatic N) is 1. The summed E-state index contributed by atoms with van der Waals surface area (Å²) in [5.74, 6) is 0.745. The second-order valence-electron chi connectivity index (χ2n) is 8.22. The van der Waals surface area contributed by atoms with Crippen LogP contribution in [0.4, 0.5) is 5.69 Å². The molecule has 0 bridgehead atoms. The van der Waals surface area contributed by atoms with Gasteiger partial charge in [0.15, 0.2) is 0 Å². The molecule has 2 aliphatic heterocycles. The number of fused-ring (bicyclic) bond motifs is 1. The van der Waals surface area contributed by atoms with E-state index in [1.165, 1.54) is 57.2 Å². The van der Waals surface area contributed by atoms with Gasteiger partial charge in [0.1, 0.15) is 0 Å². The van der Waals surface area contributed by atoms with Crippen molar-refractivity contribution in [2.75, 3.05) is 31.5 Å². The van der Waals surface area contributed by atoms with Gasteiger partial charge in [-0.2, -0.15) is 0 Å². The number of halogens is 2. The lowest BCUT2D eigenvalue weighted by atomic mass is 9.67. The molecule has 4 nitrogen and oxygen atoms in total. The molecule has 152 valence electrons. The Balaban J connectivity index is 0.00000131. The minimum atomic E-state index is -0.179. The number of nitrogens with one attached hydrogen (secondary N) is 2. The van der Waals surface area contributed by atoms with Gasteiger partial charge in [0.05, 0.1) is 5.41 Å². The maximum atomic E-state index is 13.1. The first-order valence-electron chi connectivity index (χ1n) is 10.1. The van der Waals surface area contributed by atoms with E-state index in [2.05, 4.69) is 33.7 Å². The van der Waals surface area contributed by atoms with Gasteiger partial charge in [0.25, 0.3) is 0 Å². The van der Waals surface area contributed by atoms with Gasteiger partial charge in [-0.25, -0.2) is 0 Å². The molecule has 2 atom stereocenters. The molecule has 27 heavy (non-hydrogen) atoms. The van der Waals surface area contributed by atoms with Crippen LogP contribution in [0.2, 0.25) is 0 Å². The molecule has 0 aromatic heterocycles. The summed E-state index contributed by atoms with van der Waals surface area (Å²) < 4.78 is 0. The molecule has 0 spiro atoms. The smallest absolute Gasteiger partial charge is 0.232 e. The Morgan fingerprint density at radius 2 is 1.96 bits per heavy atom. The minimum Gasteiger partial charge on any atom is -0.326 e. The van der Waals surface area contributed by atoms with Crippen molar-refractivity contribution in [2.24, 2.45) is 11.3 Å². The van der Waals surface area contributed by atoms with Crippen LogP contribution in [-0.2, 0) is 11.3 Å². The molecule has 1 aliphatic carbocycles. The number of amides is 1. The molecular weight excluding hydrogens is 381 g/mol. The van der Waals surface area contributed by atoms with E-state index < -0.39 is 0 Å². The van der Waals surface area contributed by atoms with Gasteiger partial charge < -0.3 is 10.6 Å². The molecular formula is C21H33Cl2N3O. The summed E-state index contributed by atoms with van der Waals surface area (Å²) in [6.45, 7) is 5.25. The second-order valence-corrected chi connectivity index (χ2v) is 8.22. The number of carbonyl (C=O) groups excluding carboxylic acids is 1. The first-order valence-corrected chi connectivity index (χ1v) is 10.1. The zero-order chi connectivity index (χ0) is 17.1. The monoisotopic (exact) mass is 413 g/mol. The van der Waals surface area contributed by atoms with E-state index in [4.69, 9.17) is 0 Å². The molecule has 2 heterocycles. The Bertz CT molecular complexity index is 621. The number of likely N-dealkylation sites (tertiary alicyclic amines) is 1. The SMILES string of the molecule is Cl.Cl.O=C(Nc1cccc(CN2CCCCC2)c1)[C@@]12CCCC[C@H]1CNC2. The lowest BCUT2D eigenvalue weighted by molar-refractivity contribution is -0.128. The van der Waals surface area contributed by atoms with Gasteiger partial charge in [-0.1, -0.05) is 31.4 Å². The highest BCUT2D eigenvalue weighted by Gasteiger charge is 2.49. The van der Waals surface area contributed by atoms with E-state index in [9.17, 15) is 4.79 Å². The minimum absolute atomic E-state index is 0. The van der Waals surface area contributed by atoms with Crippen molar-refractivity contribution in [2.45, 2.75) is 51.5 Å². The Morgan fingerprint density at radius 3 is 2.78 bits per heavy atom. The molecule has 1 aromatic rings. The lowest BCUT2D eigenvalue weighted by Crippen LogP contribution is -2.44. The van der Waals surface area contributed by atoms with E-state index >= 15 is 0 Å². The van der Waals surface area contributed by atoms with Crippen LogP contribution in [0.3, 0.4) is 0 Å². The zero-order valence-electron chi connectivity index (χ0n) is 16.0. The average Bonchev–Trinajstić information content (AvgIpc) is 3.08. The number of hydrogen-bond donors (Lipinski definition) is 2. The van der Waals surface area contributed by atoms with Gasteiger partial charge in [-0.3, -0.25) is 9.69 Å². The molecule has 2 N–H and O–H groups in total. The first kappa shape index (κ1) is 22.5. The van der Waals surface area contributed by atoms with Crippen LogP contribution >= 0.6 is 24.8 Å². The first-order chi connectivity index (χ1) is 12.3. The quantitative estimate of drug-likeness (QED) is 0.775. The highest BCUT2D eigenvalue weighted by molar-refractivity contribution is 5.96. The van der Waals surface area contributed by atoms with Crippen molar-refractivity contribution >= 4 is 36.4 Å². The van der Waals surface area contributed by atoms with Crippen LogP contribution in [0.25, 0.3) is 0 Å². The van der Waals surface area contributed by atoms with Crippen molar-refractivity contribution in [1.29, 1.82) is 0 Å². The van der Waals surface area contributed by atoms with Crippen molar-refractivity contribution < 1.29 is 4.79 Å². The van der Waals surface area contributed by atoms with Crippen LogP contribution in [0.1, 0.15) is 50.5 Å². The number of anilines is 1. The van der Waals surface area contributed by atoms with Crippen LogP contribution in [-0.4, -0.2) is 37.0 Å². The number of carbonyl (C=O) groups is 1. The fourth-order valence-corrected chi connectivity index (χ4v) is 5.07. The van der Waals surface area contributed by atoms with Crippen LogP contribution in [0.15, 0.2) is 24.3 Å². The Kier molecular flexibility index (Phi) is 8.41. The van der Waals surface area contributed by atoms with Crippen molar-refractivity contribution in [3.63, 3.8) is 0 Å². The topological polar surface area (TPSA) is 44.4 Å². The van der Waals surface area contributed by atoms with Gasteiger partial charge in [-0.15, -0.1) is 24.8 Å². The number of piperidine rings is 1. The number of rotatable bonds is 4.